The van der Waals surface area contributed by atoms with Crippen LogP contribution in [0.15, 0.2) is 40.9 Å². The number of piperidine rings is 1. The Kier molecular flexibility index (Phi) is 2.50. The summed E-state index contributed by atoms with van der Waals surface area (Å²) in [6, 6.07) is 9.17. The number of benzene rings is 1. The van der Waals surface area contributed by atoms with Crippen molar-refractivity contribution >= 4 is 17.7 Å². The SMILES string of the molecule is CC=C1C[N+]2(C)CC[C@@]34C(=Nc5ccccc53)C(C=O)[C@H]1C[C@@H]42. The van der Waals surface area contributed by atoms with Crippen molar-refractivity contribution in [1.82, 2.24) is 0 Å². The first-order chi connectivity index (χ1) is 11.1. The lowest BCUT2D eigenvalue weighted by molar-refractivity contribution is -0.923. The lowest BCUT2D eigenvalue weighted by Crippen LogP contribution is -2.65. The average Bonchev–Trinajstić information content (AvgIpc) is 3.08. The Bertz CT molecular complexity index is 780. The zero-order valence-corrected chi connectivity index (χ0v) is 13.8. The van der Waals surface area contributed by atoms with Gasteiger partial charge in [0.25, 0.3) is 0 Å². The predicted octanol–water partition coefficient (Wildman–Crippen LogP) is 3.02. The number of hydrogen-bond acceptors (Lipinski definition) is 2. The number of aliphatic imine (C=N–C) groups is 1. The molecule has 1 aromatic carbocycles. The van der Waals surface area contributed by atoms with Gasteiger partial charge in [0.2, 0.25) is 0 Å². The Labute approximate surface area is 137 Å². The van der Waals surface area contributed by atoms with Crippen LogP contribution in [-0.2, 0) is 10.2 Å². The number of nitrogens with zero attached hydrogens (tertiary/aromatic N) is 2. The maximum Gasteiger partial charge on any atom is 0.129 e. The molecule has 3 fully saturated rings. The lowest BCUT2D eigenvalue weighted by Gasteiger charge is -2.53. The van der Waals surface area contributed by atoms with E-state index in [0.29, 0.717) is 12.0 Å². The van der Waals surface area contributed by atoms with Gasteiger partial charge in [0, 0.05) is 24.5 Å². The first kappa shape index (κ1) is 13.7. The minimum absolute atomic E-state index is 0.0205. The van der Waals surface area contributed by atoms with E-state index < -0.39 is 0 Å². The molecule has 23 heavy (non-hydrogen) atoms. The summed E-state index contributed by atoms with van der Waals surface area (Å²) in [5.41, 5.74) is 5.16. The molecule has 1 saturated carbocycles. The summed E-state index contributed by atoms with van der Waals surface area (Å²) in [5, 5.41) is 0. The molecule has 118 valence electrons. The second-order valence-corrected chi connectivity index (χ2v) is 7.98. The van der Waals surface area contributed by atoms with Crippen molar-refractivity contribution in [2.45, 2.75) is 31.2 Å². The molecule has 0 aromatic heterocycles. The summed E-state index contributed by atoms with van der Waals surface area (Å²) in [7, 11) is 2.42. The fourth-order valence-corrected chi connectivity index (χ4v) is 6.19. The summed E-state index contributed by atoms with van der Waals surface area (Å²) < 4.78 is 1.12. The Balaban J connectivity index is 1.80. The number of hydrogen-bond donors (Lipinski definition) is 0. The number of aldehydes is 1. The quantitative estimate of drug-likeness (QED) is 0.445. The molecule has 3 heterocycles. The minimum Gasteiger partial charge on any atom is -0.319 e. The van der Waals surface area contributed by atoms with Crippen LogP contribution in [0.4, 0.5) is 5.69 Å². The van der Waals surface area contributed by atoms with Gasteiger partial charge in [-0.25, -0.2) is 0 Å². The fraction of sp³-hybridized carbons (Fsp3) is 0.500. The van der Waals surface area contributed by atoms with Gasteiger partial charge in [-0.05, 0) is 24.1 Å². The Morgan fingerprint density at radius 3 is 2.96 bits per heavy atom. The molecule has 5 atom stereocenters. The largest absolute Gasteiger partial charge is 0.319 e. The number of carbonyl (C=O) groups is 1. The second kappa shape index (κ2) is 4.21. The van der Waals surface area contributed by atoms with Crippen molar-refractivity contribution in [2.75, 3.05) is 20.1 Å². The zero-order valence-electron chi connectivity index (χ0n) is 13.8. The molecular formula is C20H23N2O+. The molecule has 3 nitrogen and oxygen atoms in total. The Hall–Kier alpha value is -1.74. The van der Waals surface area contributed by atoms with Crippen LogP contribution in [-0.4, -0.2) is 42.7 Å². The topological polar surface area (TPSA) is 29.4 Å². The van der Waals surface area contributed by atoms with E-state index in [1.165, 1.54) is 29.7 Å². The van der Waals surface area contributed by atoms with Crippen molar-refractivity contribution < 1.29 is 9.28 Å². The van der Waals surface area contributed by atoms with Crippen LogP contribution < -0.4 is 0 Å². The van der Waals surface area contributed by atoms with E-state index >= 15 is 0 Å². The van der Waals surface area contributed by atoms with Crippen molar-refractivity contribution in [2.24, 2.45) is 16.8 Å². The molecular weight excluding hydrogens is 284 g/mol. The highest BCUT2D eigenvalue weighted by molar-refractivity contribution is 6.11. The van der Waals surface area contributed by atoms with Gasteiger partial charge in [-0.3, -0.25) is 4.99 Å². The number of quaternary nitrogens is 1. The lowest BCUT2D eigenvalue weighted by atomic mass is 9.56. The van der Waals surface area contributed by atoms with Gasteiger partial charge in [-0.15, -0.1) is 0 Å². The number of rotatable bonds is 1. The van der Waals surface area contributed by atoms with Crippen LogP contribution in [0.2, 0.25) is 0 Å². The van der Waals surface area contributed by atoms with Gasteiger partial charge in [-0.1, -0.05) is 24.3 Å². The maximum atomic E-state index is 12.1. The zero-order chi connectivity index (χ0) is 15.8. The molecule has 1 aliphatic carbocycles. The molecule has 4 aliphatic rings. The summed E-state index contributed by atoms with van der Waals surface area (Å²) >= 11 is 0. The smallest absolute Gasteiger partial charge is 0.129 e. The van der Waals surface area contributed by atoms with Crippen LogP contribution >= 0.6 is 0 Å². The molecule has 0 radical (unpaired) electrons. The van der Waals surface area contributed by atoms with E-state index in [2.05, 4.69) is 44.3 Å². The summed E-state index contributed by atoms with van der Waals surface area (Å²) in [4.78, 5) is 17.1. The van der Waals surface area contributed by atoms with Crippen LogP contribution in [0.3, 0.4) is 0 Å². The van der Waals surface area contributed by atoms with E-state index in [1.807, 2.05) is 0 Å². The molecule has 5 rings (SSSR count). The molecule has 2 unspecified atom stereocenters. The summed E-state index contributed by atoms with van der Waals surface area (Å²) in [6.45, 7) is 4.42. The average molecular weight is 307 g/mol. The van der Waals surface area contributed by atoms with E-state index in [-0.39, 0.29) is 11.3 Å². The molecule has 2 saturated heterocycles. The van der Waals surface area contributed by atoms with Gasteiger partial charge in [0.15, 0.2) is 0 Å². The molecule has 0 N–H and O–H groups in total. The summed E-state index contributed by atoms with van der Waals surface area (Å²) in [5.74, 6) is 0.338. The predicted molar refractivity (Wildman–Crippen MR) is 91.0 cm³/mol. The van der Waals surface area contributed by atoms with Crippen LogP contribution in [0.1, 0.15) is 25.3 Å². The number of allylic oxidation sites excluding steroid dienone is 1. The highest BCUT2D eigenvalue weighted by Crippen LogP contribution is 2.61. The van der Waals surface area contributed by atoms with Gasteiger partial charge >= 0.3 is 0 Å². The number of fused-ring (bicyclic) bond motifs is 2. The van der Waals surface area contributed by atoms with Crippen molar-refractivity contribution in [3.05, 3.63) is 41.5 Å². The van der Waals surface area contributed by atoms with Gasteiger partial charge in [0.05, 0.1) is 30.6 Å². The maximum absolute atomic E-state index is 12.1. The van der Waals surface area contributed by atoms with E-state index in [1.54, 1.807) is 0 Å². The Morgan fingerprint density at radius 2 is 2.17 bits per heavy atom. The highest BCUT2D eigenvalue weighted by atomic mass is 16.1. The number of carbonyl (C=O) groups excluding carboxylic acids is 1. The third kappa shape index (κ3) is 1.41. The normalized spacial score (nSPS) is 44.7. The molecule has 3 aliphatic heterocycles. The van der Waals surface area contributed by atoms with Gasteiger partial charge in [0.1, 0.15) is 18.9 Å². The summed E-state index contributed by atoms with van der Waals surface area (Å²) in [6.07, 6.45) is 5.71. The first-order valence-electron chi connectivity index (χ1n) is 8.77. The van der Waals surface area contributed by atoms with E-state index in [4.69, 9.17) is 4.99 Å². The van der Waals surface area contributed by atoms with Crippen LogP contribution in [0.25, 0.3) is 0 Å². The molecule has 3 heteroatoms. The van der Waals surface area contributed by atoms with Crippen molar-refractivity contribution in [1.29, 1.82) is 0 Å². The van der Waals surface area contributed by atoms with Crippen LogP contribution in [0, 0.1) is 11.8 Å². The van der Waals surface area contributed by atoms with Crippen molar-refractivity contribution in [3.63, 3.8) is 0 Å². The van der Waals surface area contributed by atoms with Gasteiger partial charge in [-0.2, -0.15) is 0 Å². The molecule has 1 aromatic rings. The Morgan fingerprint density at radius 1 is 1.35 bits per heavy atom. The third-order valence-corrected chi connectivity index (χ3v) is 7.18. The molecule has 0 amide bonds. The number of para-hydroxylation sites is 1. The highest BCUT2D eigenvalue weighted by Gasteiger charge is 2.69. The third-order valence-electron chi connectivity index (χ3n) is 7.18. The number of likely N-dealkylation sites (N-methyl/N-ethyl adjacent to an activating group) is 1. The minimum atomic E-state index is -0.0308. The van der Waals surface area contributed by atoms with E-state index in [9.17, 15) is 4.79 Å². The van der Waals surface area contributed by atoms with Gasteiger partial charge < -0.3 is 9.28 Å². The van der Waals surface area contributed by atoms with Crippen molar-refractivity contribution in [3.8, 4) is 0 Å². The monoisotopic (exact) mass is 307 g/mol. The van der Waals surface area contributed by atoms with Crippen LogP contribution in [0.5, 0.6) is 0 Å². The fourth-order valence-electron chi connectivity index (χ4n) is 6.19. The van der Waals surface area contributed by atoms with E-state index in [0.717, 1.165) is 29.6 Å². The second-order valence-electron chi connectivity index (χ2n) is 7.98. The standard InChI is InChI=1S/C20H23N2O/c1-3-13-11-22(2)9-8-20-16-6-4-5-7-17(16)21-19(20)15(12-23)14(13)10-18(20)22/h3-7,12,14-15,18H,8-11H2,1-2H3/q+1/t14-,15?,18-,20+,22?/m0/s1. The molecule has 2 bridgehead atoms. The first-order valence-corrected chi connectivity index (χ1v) is 8.77. The molecule has 1 spiro atoms.